The molecule has 2 aliphatic rings. The van der Waals surface area contributed by atoms with Crippen LogP contribution in [0.2, 0.25) is 0 Å². The molecule has 21 heavy (non-hydrogen) atoms. The fourth-order valence-corrected chi connectivity index (χ4v) is 5.27. The Hall–Kier alpha value is -0.520. The third-order valence-corrected chi connectivity index (χ3v) is 6.10. The van der Waals surface area contributed by atoms with Gasteiger partial charge in [-0.05, 0) is 44.4 Å². The van der Waals surface area contributed by atoms with Gasteiger partial charge in [0.15, 0.2) is 0 Å². The Kier molecular flexibility index (Phi) is 4.62. The lowest BCUT2D eigenvalue weighted by Crippen LogP contribution is -2.43. The molecule has 0 aromatic carbocycles. The van der Waals surface area contributed by atoms with E-state index in [0.717, 1.165) is 25.3 Å². The molecule has 0 bridgehead atoms. The number of nitrogens with one attached hydrogen (secondary N) is 1. The number of nitrogens with zero attached hydrogens (tertiary/aromatic N) is 2. The van der Waals surface area contributed by atoms with Crippen LogP contribution in [0, 0.1) is 12.8 Å². The fraction of sp³-hybridized carbons (Fsp3) is 0.812. The van der Waals surface area contributed by atoms with E-state index < -0.39 is 0 Å². The van der Waals surface area contributed by atoms with E-state index in [9.17, 15) is 0 Å². The second-order valence-electron chi connectivity index (χ2n) is 6.47. The standard InChI is InChI=1S/C16H27N3OS/c1-4-17-15(14-10-19(3)18-12(14)2)13-5-7-20-16(9-13)6-8-21-11-16/h10,13,15,17H,4-9,11H2,1-3H3. The van der Waals surface area contributed by atoms with E-state index in [-0.39, 0.29) is 5.60 Å². The van der Waals surface area contributed by atoms with Crippen LogP contribution in [-0.2, 0) is 11.8 Å². The highest BCUT2D eigenvalue weighted by Gasteiger charge is 2.43. The van der Waals surface area contributed by atoms with Gasteiger partial charge >= 0.3 is 0 Å². The first-order chi connectivity index (χ1) is 10.1. The normalized spacial score (nSPS) is 30.9. The highest BCUT2D eigenvalue weighted by molar-refractivity contribution is 7.99. The van der Waals surface area contributed by atoms with Gasteiger partial charge in [0.25, 0.3) is 0 Å². The number of ether oxygens (including phenoxy) is 1. The summed E-state index contributed by atoms with van der Waals surface area (Å²) in [6, 6.07) is 0.412. The number of aryl methyl sites for hydroxylation is 2. The smallest absolute Gasteiger partial charge is 0.0783 e. The molecule has 4 nitrogen and oxygen atoms in total. The van der Waals surface area contributed by atoms with E-state index in [4.69, 9.17) is 4.74 Å². The van der Waals surface area contributed by atoms with Gasteiger partial charge in [0.05, 0.1) is 11.3 Å². The second kappa shape index (κ2) is 6.31. The van der Waals surface area contributed by atoms with E-state index in [2.05, 4.69) is 30.5 Å². The van der Waals surface area contributed by atoms with Crippen molar-refractivity contribution in [2.75, 3.05) is 24.7 Å². The third-order valence-electron chi connectivity index (χ3n) is 4.88. The Bertz CT molecular complexity index is 482. The van der Waals surface area contributed by atoms with Crippen molar-refractivity contribution < 1.29 is 4.74 Å². The predicted molar refractivity (Wildman–Crippen MR) is 87.7 cm³/mol. The SMILES string of the molecule is CCNC(c1cn(C)nc1C)C1CCOC2(CCSC2)C1. The van der Waals surface area contributed by atoms with Gasteiger partial charge in [-0.1, -0.05) is 6.92 Å². The molecule has 3 atom stereocenters. The van der Waals surface area contributed by atoms with Crippen molar-refractivity contribution in [3.63, 3.8) is 0 Å². The van der Waals surface area contributed by atoms with Gasteiger partial charge in [-0.3, -0.25) is 4.68 Å². The summed E-state index contributed by atoms with van der Waals surface area (Å²) >= 11 is 2.05. The lowest BCUT2D eigenvalue weighted by Gasteiger charge is -2.41. The van der Waals surface area contributed by atoms with E-state index in [1.807, 2.05) is 23.5 Å². The third kappa shape index (κ3) is 3.15. The minimum Gasteiger partial charge on any atom is -0.374 e. The summed E-state index contributed by atoms with van der Waals surface area (Å²) in [6.45, 7) is 6.23. The van der Waals surface area contributed by atoms with Crippen molar-refractivity contribution in [1.29, 1.82) is 0 Å². The number of aromatic nitrogens is 2. The molecule has 3 rings (SSSR count). The van der Waals surface area contributed by atoms with Crippen LogP contribution in [0.4, 0.5) is 0 Å². The van der Waals surface area contributed by atoms with Crippen LogP contribution < -0.4 is 5.32 Å². The number of hydrogen-bond acceptors (Lipinski definition) is 4. The molecule has 3 unspecified atom stereocenters. The average molecular weight is 309 g/mol. The molecule has 5 heteroatoms. The van der Waals surface area contributed by atoms with Crippen LogP contribution in [0.3, 0.4) is 0 Å². The quantitative estimate of drug-likeness (QED) is 0.928. The molecule has 0 amide bonds. The summed E-state index contributed by atoms with van der Waals surface area (Å²) in [7, 11) is 2.01. The van der Waals surface area contributed by atoms with E-state index >= 15 is 0 Å². The maximum Gasteiger partial charge on any atom is 0.0783 e. The summed E-state index contributed by atoms with van der Waals surface area (Å²) in [4.78, 5) is 0. The topological polar surface area (TPSA) is 39.1 Å². The molecule has 118 valence electrons. The molecule has 2 aliphatic heterocycles. The largest absolute Gasteiger partial charge is 0.374 e. The average Bonchev–Trinajstić information content (AvgIpc) is 3.03. The summed E-state index contributed by atoms with van der Waals surface area (Å²) in [5, 5.41) is 8.25. The Morgan fingerprint density at radius 1 is 1.62 bits per heavy atom. The first-order valence-electron chi connectivity index (χ1n) is 8.09. The van der Waals surface area contributed by atoms with Gasteiger partial charge in [0.1, 0.15) is 0 Å². The van der Waals surface area contributed by atoms with Crippen LogP contribution in [0.5, 0.6) is 0 Å². The van der Waals surface area contributed by atoms with Crippen LogP contribution in [0.25, 0.3) is 0 Å². The molecule has 0 aliphatic carbocycles. The minimum atomic E-state index is 0.150. The van der Waals surface area contributed by atoms with Crippen molar-refractivity contribution in [2.45, 2.75) is 44.8 Å². The zero-order chi connectivity index (χ0) is 14.9. The monoisotopic (exact) mass is 309 g/mol. The van der Waals surface area contributed by atoms with Crippen LogP contribution in [-0.4, -0.2) is 40.0 Å². The summed E-state index contributed by atoms with van der Waals surface area (Å²) < 4.78 is 8.13. The van der Waals surface area contributed by atoms with Crippen molar-refractivity contribution in [3.8, 4) is 0 Å². The molecular formula is C16H27N3OS. The number of hydrogen-bond donors (Lipinski definition) is 1. The Balaban J connectivity index is 1.81. The highest BCUT2D eigenvalue weighted by Crippen LogP contribution is 2.44. The fourth-order valence-electron chi connectivity index (χ4n) is 3.89. The molecule has 2 fully saturated rings. The predicted octanol–water partition coefficient (Wildman–Crippen LogP) is 2.68. The molecule has 1 aromatic rings. The zero-order valence-electron chi connectivity index (χ0n) is 13.4. The van der Waals surface area contributed by atoms with Crippen LogP contribution in [0.15, 0.2) is 6.20 Å². The maximum absolute atomic E-state index is 6.19. The minimum absolute atomic E-state index is 0.150. The molecule has 2 saturated heterocycles. The van der Waals surface area contributed by atoms with Crippen molar-refractivity contribution in [3.05, 3.63) is 17.5 Å². The van der Waals surface area contributed by atoms with Gasteiger partial charge in [0, 0.05) is 37.2 Å². The highest BCUT2D eigenvalue weighted by atomic mass is 32.2. The molecular weight excluding hydrogens is 282 g/mol. The van der Waals surface area contributed by atoms with E-state index in [1.165, 1.54) is 29.9 Å². The lowest BCUT2D eigenvalue weighted by atomic mass is 9.79. The van der Waals surface area contributed by atoms with E-state index in [0.29, 0.717) is 12.0 Å². The maximum atomic E-state index is 6.19. The van der Waals surface area contributed by atoms with Crippen molar-refractivity contribution in [1.82, 2.24) is 15.1 Å². The zero-order valence-corrected chi connectivity index (χ0v) is 14.2. The summed E-state index contributed by atoms with van der Waals surface area (Å²) in [5.74, 6) is 3.08. The summed E-state index contributed by atoms with van der Waals surface area (Å²) in [6.07, 6.45) is 5.75. The van der Waals surface area contributed by atoms with Crippen molar-refractivity contribution in [2.24, 2.45) is 13.0 Å². The first kappa shape index (κ1) is 15.4. The Labute approximate surface area is 132 Å². The Morgan fingerprint density at radius 2 is 2.48 bits per heavy atom. The molecule has 0 saturated carbocycles. The number of thioether (sulfide) groups is 1. The molecule has 0 radical (unpaired) electrons. The molecule has 1 N–H and O–H groups in total. The first-order valence-corrected chi connectivity index (χ1v) is 9.24. The number of rotatable bonds is 4. The van der Waals surface area contributed by atoms with Gasteiger partial charge in [0.2, 0.25) is 0 Å². The lowest BCUT2D eigenvalue weighted by molar-refractivity contribution is -0.0853. The van der Waals surface area contributed by atoms with Crippen LogP contribution >= 0.6 is 11.8 Å². The van der Waals surface area contributed by atoms with Crippen LogP contribution in [0.1, 0.15) is 43.5 Å². The molecule has 1 spiro atoms. The van der Waals surface area contributed by atoms with E-state index in [1.54, 1.807) is 0 Å². The van der Waals surface area contributed by atoms with Gasteiger partial charge < -0.3 is 10.1 Å². The summed E-state index contributed by atoms with van der Waals surface area (Å²) in [5.41, 5.74) is 2.68. The van der Waals surface area contributed by atoms with Gasteiger partial charge in [-0.15, -0.1) is 0 Å². The van der Waals surface area contributed by atoms with Crippen molar-refractivity contribution >= 4 is 11.8 Å². The Morgan fingerprint density at radius 3 is 3.10 bits per heavy atom. The van der Waals surface area contributed by atoms with Gasteiger partial charge in [-0.25, -0.2) is 0 Å². The molecule has 3 heterocycles. The second-order valence-corrected chi connectivity index (χ2v) is 7.57. The molecule has 1 aromatic heterocycles. The van der Waals surface area contributed by atoms with Gasteiger partial charge in [-0.2, -0.15) is 16.9 Å².